The van der Waals surface area contributed by atoms with Gasteiger partial charge in [-0.3, -0.25) is 4.79 Å². The molecule has 144 valence electrons. The predicted octanol–water partition coefficient (Wildman–Crippen LogP) is 3.43. The van der Waals surface area contributed by atoms with Gasteiger partial charge in [0, 0.05) is 5.56 Å². The summed E-state index contributed by atoms with van der Waals surface area (Å²) in [5, 5.41) is 0. The number of carbonyl (C=O) groups excluding carboxylic acids is 1. The highest BCUT2D eigenvalue weighted by Gasteiger charge is 2.23. The molecule has 0 spiro atoms. The van der Waals surface area contributed by atoms with E-state index in [0.29, 0.717) is 32.2 Å². The first-order valence-electron chi connectivity index (χ1n) is 8.97. The number of hydrogen-bond donors (Lipinski definition) is 0. The van der Waals surface area contributed by atoms with Gasteiger partial charge in [0.15, 0.2) is 6.29 Å². The monoisotopic (exact) mass is 372 g/mol. The molecule has 3 rings (SSSR count). The maximum Gasteiger partial charge on any atom is 0.310 e. The summed E-state index contributed by atoms with van der Waals surface area (Å²) in [6.07, 6.45) is -0.258. The minimum atomic E-state index is -0.451. The van der Waals surface area contributed by atoms with Crippen LogP contribution in [0.3, 0.4) is 0 Å². The van der Waals surface area contributed by atoms with Gasteiger partial charge in [-0.15, -0.1) is 0 Å². The van der Waals surface area contributed by atoms with Gasteiger partial charge in [0.05, 0.1) is 33.4 Å². The third kappa shape index (κ3) is 5.21. The third-order valence-electron chi connectivity index (χ3n) is 4.16. The van der Waals surface area contributed by atoms with Crippen LogP contribution in [0.2, 0.25) is 0 Å². The number of ether oxygens (including phenoxy) is 5. The maximum absolute atomic E-state index is 11.8. The first-order chi connectivity index (χ1) is 13.2. The normalized spacial score (nSPS) is 14.1. The molecule has 0 saturated carbocycles. The fraction of sp³-hybridized carbons (Fsp3) is 0.381. The lowest BCUT2D eigenvalue weighted by Gasteiger charge is -2.17. The van der Waals surface area contributed by atoms with Gasteiger partial charge in [-0.1, -0.05) is 18.2 Å². The zero-order chi connectivity index (χ0) is 19.1. The van der Waals surface area contributed by atoms with Crippen molar-refractivity contribution >= 4 is 5.97 Å². The van der Waals surface area contributed by atoms with E-state index in [4.69, 9.17) is 23.7 Å². The first kappa shape index (κ1) is 19.2. The topological polar surface area (TPSA) is 63.2 Å². The van der Waals surface area contributed by atoms with Crippen molar-refractivity contribution in [2.45, 2.75) is 26.2 Å². The van der Waals surface area contributed by atoms with Gasteiger partial charge in [-0.05, 0) is 42.3 Å². The second-order valence-electron chi connectivity index (χ2n) is 6.06. The molecule has 0 atom stereocenters. The summed E-state index contributed by atoms with van der Waals surface area (Å²) < 4.78 is 27.5. The number of rotatable bonds is 8. The molecule has 1 heterocycles. The molecule has 2 aromatic rings. The molecule has 1 aliphatic rings. The zero-order valence-corrected chi connectivity index (χ0v) is 15.6. The second-order valence-corrected chi connectivity index (χ2v) is 6.06. The highest BCUT2D eigenvalue weighted by molar-refractivity contribution is 5.72. The Labute approximate surface area is 158 Å². The summed E-state index contributed by atoms with van der Waals surface area (Å²) in [4.78, 5) is 11.8. The van der Waals surface area contributed by atoms with E-state index in [1.807, 2.05) is 42.5 Å². The van der Waals surface area contributed by atoms with Crippen molar-refractivity contribution in [1.82, 2.24) is 0 Å². The standard InChI is InChI=1S/C21H24O6/c1-3-24-20(22)13-16-6-9-18(21-25-10-11-26-21)19(12-16)27-14-15-4-7-17(23-2)8-5-15/h4-9,12,21H,3,10-11,13-14H2,1-2H3. The quantitative estimate of drug-likeness (QED) is 0.662. The molecule has 6 heteroatoms. The highest BCUT2D eigenvalue weighted by atomic mass is 16.7. The Morgan fingerprint density at radius 1 is 1.07 bits per heavy atom. The molecule has 0 bridgehead atoms. The van der Waals surface area contributed by atoms with Gasteiger partial charge in [0.25, 0.3) is 0 Å². The van der Waals surface area contributed by atoms with E-state index in [2.05, 4.69) is 0 Å². The molecule has 2 aromatic carbocycles. The molecule has 0 amide bonds. The van der Waals surface area contributed by atoms with E-state index in [9.17, 15) is 4.79 Å². The van der Waals surface area contributed by atoms with Crippen LogP contribution in [0.4, 0.5) is 0 Å². The van der Waals surface area contributed by atoms with Gasteiger partial charge in [0.2, 0.25) is 0 Å². The van der Waals surface area contributed by atoms with Crippen molar-refractivity contribution in [2.75, 3.05) is 26.9 Å². The summed E-state index contributed by atoms with van der Waals surface area (Å²) in [5.41, 5.74) is 2.64. The largest absolute Gasteiger partial charge is 0.497 e. The SMILES string of the molecule is CCOC(=O)Cc1ccc(C2OCCO2)c(OCc2ccc(OC)cc2)c1. The van der Waals surface area contributed by atoms with Crippen molar-refractivity contribution in [3.8, 4) is 11.5 Å². The van der Waals surface area contributed by atoms with Gasteiger partial charge < -0.3 is 23.7 Å². The minimum absolute atomic E-state index is 0.194. The van der Waals surface area contributed by atoms with Crippen molar-refractivity contribution < 1.29 is 28.5 Å². The summed E-state index contributed by atoms with van der Waals surface area (Å²) in [7, 11) is 1.63. The molecule has 27 heavy (non-hydrogen) atoms. The molecule has 1 fully saturated rings. The molecule has 0 aliphatic carbocycles. The van der Waals surface area contributed by atoms with Crippen LogP contribution in [-0.4, -0.2) is 32.9 Å². The first-order valence-corrected chi connectivity index (χ1v) is 8.97. The second kappa shape index (κ2) is 9.39. The molecule has 0 radical (unpaired) electrons. The Bertz CT molecular complexity index is 750. The van der Waals surface area contributed by atoms with E-state index in [-0.39, 0.29) is 12.4 Å². The van der Waals surface area contributed by atoms with Crippen LogP contribution in [0.1, 0.15) is 29.9 Å². The van der Waals surface area contributed by atoms with Crippen LogP contribution in [0.5, 0.6) is 11.5 Å². The lowest BCUT2D eigenvalue weighted by molar-refractivity contribution is -0.142. The number of hydrogen-bond acceptors (Lipinski definition) is 6. The minimum Gasteiger partial charge on any atom is -0.497 e. The van der Waals surface area contributed by atoms with Crippen LogP contribution in [-0.2, 0) is 32.0 Å². The smallest absolute Gasteiger partial charge is 0.310 e. The molecule has 1 saturated heterocycles. The van der Waals surface area contributed by atoms with Crippen molar-refractivity contribution in [3.63, 3.8) is 0 Å². The number of carbonyl (C=O) groups is 1. The number of benzene rings is 2. The molecule has 1 aliphatic heterocycles. The zero-order valence-electron chi connectivity index (χ0n) is 15.6. The predicted molar refractivity (Wildman–Crippen MR) is 98.8 cm³/mol. The average Bonchev–Trinajstić information content (AvgIpc) is 3.21. The van der Waals surface area contributed by atoms with Gasteiger partial charge in [0.1, 0.15) is 18.1 Å². The van der Waals surface area contributed by atoms with Crippen molar-refractivity contribution in [3.05, 3.63) is 59.2 Å². The lowest BCUT2D eigenvalue weighted by atomic mass is 10.1. The van der Waals surface area contributed by atoms with E-state index < -0.39 is 6.29 Å². The van der Waals surface area contributed by atoms with Crippen molar-refractivity contribution in [1.29, 1.82) is 0 Å². The Morgan fingerprint density at radius 3 is 2.44 bits per heavy atom. The third-order valence-corrected chi connectivity index (χ3v) is 4.16. The van der Waals surface area contributed by atoms with Gasteiger partial charge in [-0.2, -0.15) is 0 Å². The highest BCUT2D eigenvalue weighted by Crippen LogP contribution is 2.33. The summed E-state index contributed by atoms with van der Waals surface area (Å²) in [6.45, 7) is 3.63. The molecule has 6 nitrogen and oxygen atoms in total. The average molecular weight is 372 g/mol. The fourth-order valence-corrected chi connectivity index (χ4v) is 2.81. The van der Waals surface area contributed by atoms with E-state index in [0.717, 1.165) is 22.4 Å². The summed E-state index contributed by atoms with van der Waals surface area (Å²) >= 11 is 0. The Kier molecular flexibility index (Phi) is 6.68. The fourth-order valence-electron chi connectivity index (χ4n) is 2.81. The van der Waals surface area contributed by atoms with Crippen LogP contribution >= 0.6 is 0 Å². The summed E-state index contributed by atoms with van der Waals surface area (Å²) in [5.74, 6) is 1.17. The van der Waals surface area contributed by atoms with E-state index in [1.54, 1.807) is 14.0 Å². The lowest BCUT2D eigenvalue weighted by Crippen LogP contribution is -2.09. The Hall–Kier alpha value is -2.57. The van der Waals surface area contributed by atoms with Crippen LogP contribution in [0, 0.1) is 0 Å². The number of methoxy groups -OCH3 is 1. The number of esters is 1. The Balaban J connectivity index is 1.76. The molecular weight excluding hydrogens is 348 g/mol. The molecule has 0 N–H and O–H groups in total. The van der Waals surface area contributed by atoms with Crippen LogP contribution in [0.25, 0.3) is 0 Å². The van der Waals surface area contributed by atoms with Gasteiger partial charge in [-0.25, -0.2) is 0 Å². The van der Waals surface area contributed by atoms with Crippen LogP contribution in [0.15, 0.2) is 42.5 Å². The van der Waals surface area contributed by atoms with Crippen LogP contribution < -0.4 is 9.47 Å². The molecular formula is C21H24O6. The maximum atomic E-state index is 11.8. The summed E-state index contributed by atoms with van der Waals surface area (Å²) in [6, 6.07) is 13.3. The molecule has 0 aromatic heterocycles. The van der Waals surface area contributed by atoms with Gasteiger partial charge >= 0.3 is 5.97 Å². The van der Waals surface area contributed by atoms with E-state index in [1.165, 1.54) is 0 Å². The Morgan fingerprint density at radius 2 is 1.78 bits per heavy atom. The van der Waals surface area contributed by atoms with E-state index >= 15 is 0 Å². The van der Waals surface area contributed by atoms with Crippen molar-refractivity contribution in [2.24, 2.45) is 0 Å². The molecule has 0 unspecified atom stereocenters.